The Morgan fingerprint density at radius 3 is 2.15 bits per heavy atom. The van der Waals surface area contributed by atoms with Crippen LogP contribution < -0.4 is 10.5 Å². The predicted octanol–water partition coefficient (Wildman–Crippen LogP) is 8.17. The van der Waals surface area contributed by atoms with E-state index in [1.54, 1.807) is 0 Å². The summed E-state index contributed by atoms with van der Waals surface area (Å²) in [4.78, 5) is 14.4. The number of anilines is 1. The Hall–Kier alpha value is -3.40. The Morgan fingerprint density at radius 1 is 0.949 bits per heavy atom. The van der Waals surface area contributed by atoms with Crippen molar-refractivity contribution in [3.8, 4) is 11.8 Å². The highest BCUT2D eigenvalue weighted by molar-refractivity contribution is 7.47. The van der Waals surface area contributed by atoms with Gasteiger partial charge < -0.3 is 35.1 Å². The van der Waals surface area contributed by atoms with Crippen molar-refractivity contribution in [1.82, 2.24) is 14.6 Å². The third-order valence-corrected chi connectivity index (χ3v) is 11.2. The number of fused-ring (bicyclic) bond motifs is 1. The highest BCUT2D eigenvalue weighted by Crippen LogP contribution is 2.46. The van der Waals surface area contributed by atoms with E-state index in [4.69, 9.17) is 29.0 Å². The van der Waals surface area contributed by atoms with Gasteiger partial charge in [0.05, 0.1) is 25.5 Å². The number of nitrogens with two attached hydrogens (primary N) is 1. The lowest BCUT2D eigenvalue weighted by Crippen LogP contribution is -2.41. The summed E-state index contributed by atoms with van der Waals surface area (Å²) in [6.45, 7) is 0.432. The summed E-state index contributed by atoms with van der Waals surface area (Å²) in [5, 5.41) is 35.8. The van der Waals surface area contributed by atoms with Crippen molar-refractivity contribution in [1.29, 1.82) is 5.26 Å². The van der Waals surface area contributed by atoms with E-state index in [1.165, 1.54) is 87.3 Å². The van der Waals surface area contributed by atoms with Gasteiger partial charge in [-0.3, -0.25) is 9.05 Å². The molecular formula is C40H58F4N5O9P. The van der Waals surface area contributed by atoms with E-state index in [0.717, 1.165) is 44.1 Å². The number of phosphoric ester groups is 1. The number of nitrogens with zero attached hydrogens (tertiary/aromatic N) is 4. The van der Waals surface area contributed by atoms with E-state index in [0.29, 0.717) is 6.42 Å². The van der Waals surface area contributed by atoms with Crippen molar-refractivity contribution < 1.29 is 60.5 Å². The lowest BCUT2D eigenvalue weighted by molar-refractivity contribution is -0.140. The van der Waals surface area contributed by atoms with Crippen LogP contribution in [0.4, 0.5) is 23.4 Å². The number of phosphoric acid groups is 1. The molecule has 3 heterocycles. The van der Waals surface area contributed by atoms with Crippen LogP contribution in [0.25, 0.3) is 5.52 Å². The van der Waals surface area contributed by atoms with Crippen LogP contribution in [0, 0.1) is 17.1 Å². The van der Waals surface area contributed by atoms with Gasteiger partial charge in [-0.25, -0.2) is 18.5 Å². The molecule has 1 saturated heterocycles. The molecule has 330 valence electrons. The Bertz CT molecular complexity index is 1820. The molecule has 5 N–H and O–H groups in total. The lowest BCUT2D eigenvalue weighted by atomic mass is 9.92. The molecule has 19 heteroatoms. The van der Waals surface area contributed by atoms with E-state index in [9.17, 15) is 42.5 Å². The van der Waals surface area contributed by atoms with Crippen molar-refractivity contribution in [3.63, 3.8) is 0 Å². The number of halogens is 4. The number of nitriles is 1. The van der Waals surface area contributed by atoms with Gasteiger partial charge in [-0.2, -0.15) is 23.5 Å². The minimum Gasteiger partial charge on any atom is -0.485 e. The van der Waals surface area contributed by atoms with E-state index < -0.39 is 74.4 Å². The maximum absolute atomic E-state index is 13.8. The fourth-order valence-corrected chi connectivity index (χ4v) is 7.79. The molecule has 1 aliphatic rings. The molecule has 0 aliphatic carbocycles. The molecule has 0 amide bonds. The van der Waals surface area contributed by atoms with E-state index >= 15 is 0 Å². The number of rotatable bonds is 28. The maximum Gasteiger partial charge on any atom is 0.472 e. The minimum atomic E-state index is -5.05. The summed E-state index contributed by atoms with van der Waals surface area (Å²) >= 11 is 0. The summed E-state index contributed by atoms with van der Waals surface area (Å²) in [6.07, 6.45) is 8.54. The maximum atomic E-state index is 13.8. The largest absolute Gasteiger partial charge is 0.485 e. The molecule has 1 fully saturated rings. The molecule has 59 heavy (non-hydrogen) atoms. The second-order valence-corrected chi connectivity index (χ2v) is 16.4. The van der Waals surface area contributed by atoms with Crippen molar-refractivity contribution in [3.05, 3.63) is 53.7 Å². The summed E-state index contributed by atoms with van der Waals surface area (Å²) < 4.78 is 96.3. The number of ether oxygens (including phenoxy) is 3. The number of unbranched alkanes of at least 4 members (excludes halogenated alkanes) is 15. The van der Waals surface area contributed by atoms with Crippen molar-refractivity contribution in [2.24, 2.45) is 0 Å². The smallest absolute Gasteiger partial charge is 0.472 e. The van der Waals surface area contributed by atoms with Gasteiger partial charge >= 0.3 is 14.0 Å². The first-order valence-corrected chi connectivity index (χ1v) is 22.0. The van der Waals surface area contributed by atoms with Gasteiger partial charge in [-0.05, 0) is 36.8 Å². The molecule has 1 unspecified atom stereocenters. The summed E-state index contributed by atoms with van der Waals surface area (Å²) in [5.41, 5.74) is 2.52. The van der Waals surface area contributed by atoms with Crippen LogP contribution in [0.3, 0.4) is 0 Å². The molecule has 6 atom stereocenters. The van der Waals surface area contributed by atoms with E-state index in [1.807, 2.05) is 6.07 Å². The number of aromatic nitrogens is 3. The number of aliphatic hydroxyl groups is 2. The number of alkyl halides is 3. The molecule has 2 aromatic heterocycles. The van der Waals surface area contributed by atoms with Gasteiger partial charge in [0, 0.05) is 6.61 Å². The standard InChI is InChI=1S/C40H58F4N5O9P/c1-2-3-4-5-6-7-8-9-10-11-12-13-14-15-16-17-22-54-24-30(57-33-20-18-29(41)23-31(33)40(42,43)44)25-55-59(52,53)56-26-34-36(50)37(51)39(27-45,58-34)35-21-19-32-38(46)47-28-48-49(32)35/h18-21,23,28,30,34,36-37,50-51H,2-17,22,24-26H2,1H3,(H,52,53)(H2,46,47,48)/t30-,34-,36-,37-,39+/m1/s1. The highest BCUT2D eigenvalue weighted by Gasteiger charge is 2.58. The molecule has 0 spiro atoms. The number of benzene rings is 1. The zero-order valence-electron chi connectivity index (χ0n) is 33.5. The van der Waals surface area contributed by atoms with Gasteiger partial charge in [0.25, 0.3) is 0 Å². The first-order chi connectivity index (χ1) is 28.2. The normalized spacial score (nSPS) is 21.1. The van der Waals surface area contributed by atoms with Crippen LogP contribution >= 0.6 is 7.82 Å². The van der Waals surface area contributed by atoms with Crippen LogP contribution in [0.5, 0.6) is 5.75 Å². The molecule has 14 nitrogen and oxygen atoms in total. The first-order valence-electron chi connectivity index (χ1n) is 20.5. The second-order valence-electron chi connectivity index (χ2n) is 14.9. The van der Waals surface area contributed by atoms with Gasteiger partial charge in [0.2, 0.25) is 5.60 Å². The predicted molar refractivity (Wildman–Crippen MR) is 209 cm³/mol. The second kappa shape index (κ2) is 23.6. The van der Waals surface area contributed by atoms with Crippen LogP contribution in [0.15, 0.2) is 36.7 Å². The molecule has 1 aliphatic heterocycles. The van der Waals surface area contributed by atoms with Gasteiger partial charge in [-0.1, -0.05) is 103 Å². The summed E-state index contributed by atoms with van der Waals surface area (Å²) in [5.74, 6) is -1.83. The molecule has 0 bridgehead atoms. The Kier molecular flexibility index (Phi) is 19.3. The quantitative estimate of drug-likeness (QED) is 0.0310. The van der Waals surface area contributed by atoms with Crippen LogP contribution in [-0.4, -0.2) is 80.5 Å². The van der Waals surface area contributed by atoms with Crippen molar-refractivity contribution >= 4 is 19.2 Å². The van der Waals surface area contributed by atoms with Gasteiger partial charge in [0.1, 0.15) is 59.5 Å². The van der Waals surface area contributed by atoms with Gasteiger partial charge in [-0.15, -0.1) is 0 Å². The number of hydrogen-bond donors (Lipinski definition) is 4. The Balaban J connectivity index is 1.24. The molecule has 1 aromatic carbocycles. The Morgan fingerprint density at radius 2 is 1.56 bits per heavy atom. The van der Waals surface area contributed by atoms with Crippen LogP contribution in [-0.2, 0) is 34.9 Å². The van der Waals surface area contributed by atoms with Crippen molar-refractivity contribution in [2.45, 2.75) is 146 Å². The Labute approximate surface area is 342 Å². The number of aliphatic hydroxyl groups excluding tert-OH is 2. The van der Waals surface area contributed by atoms with Crippen molar-refractivity contribution in [2.75, 3.05) is 32.2 Å². The fourth-order valence-electron chi connectivity index (χ4n) is 7.02. The molecule has 0 radical (unpaired) electrons. The van der Waals surface area contributed by atoms with Crippen LogP contribution in [0.2, 0.25) is 0 Å². The van der Waals surface area contributed by atoms with E-state index in [-0.39, 0.29) is 36.3 Å². The molecule has 0 saturated carbocycles. The SMILES string of the molecule is CCCCCCCCCCCCCCCCCCOC[C@H](COP(=O)(O)OC[C@H]1O[C@@](C#N)(c2ccc3c(N)ncnn23)[C@H](O)[C@@H]1O)Oc1ccc(F)cc1C(F)(F)F. The average molecular weight is 860 g/mol. The van der Waals surface area contributed by atoms with Crippen LogP contribution in [0.1, 0.15) is 121 Å². The molecule has 4 rings (SSSR count). The van der Waals surface area contributed by atoms with E-state index in [2.05, 4.69) is 17.0 Å². The third kappa shape index (κ3) is 14.4. The number of hydrogen-bond acceptors (Lipinski definition) is 12. The fraction of sp³-hybridized carbons (Fsp3) is 0.675. The molecular weight excluding hydrogens is 801 g/mol. The lowest BCUT2D eigenvalue weighted by Gasteiger charge is -2.24. The average Bonchev–Trinajstić information content (AvgIpc) is 3.75. The topological polar surface area (TPSA) is 204 Å². The number of nitrogen functional groups attached to an aromatic ring is 1. The minimum absolute atomic E-state index is 0.0137. The first kappa shape index (κ1) is 48.3. The summed E-state index contributed by atoms with van der Waals surface area (Å²) in [6, 6.07) is 6.52. The van der Waals surface area contributed by atoms with Gasteiger partial charge in [0.15, 0.2) is 5.82 Å². The zero-order valence-corrected chi connectivity index (χ0v) is 34.4. The zero-order chi connectivity index (χ0) is 42.9. The molecule has 3 aromatic rings. The summed E-state index contributed by atoms with van der Waals surface area (Å²) in [7, 11) is -5.05. The monoisotopic (exact) mass is 859 g/mol. The third-order valence-electron chi connectivity index (χ3n) is 10.3. The highest BCUT2D eigenvalue weighted by atomic mass is 31.2.